The van der Waals surface area contributed by atoms with Gasteiger partial charge in [0.1, 0.15) is 17.3 Å². The summed E-state index contributed by atoms with van der Waals surface area (Å²) < 4.78 is 5.87. The molecule has 3 aromatic rings. The van der Waals surface area contributed by atoms with Crippen molar-refractivity contribution < 1.29 is 9.53 Å². The zero-order valence-corrected chi connectivity index (χ0v) is 19.3. The monoisotopic (exact) mass is 455 g/mol. The fourth-order valence-electron chi connectivity index (χ4n) is 4.15. The number of carbonyl (C=O) groups excluding carboxylic acids is 1. The van der Waals surface area contributed by atoms with E-state index in [1.165, 1.54) is 6.08 Å². The van der Waals surface area contributed by atoms with Crippen LogP contribution in [0.3, 0.4) is 0 Å². The maximum atomic E-state index is 12.1. The lowest BCUT2D eigenvalue weighted by molar-refractivity contribution is -0.127. The van der Waals surface area contributed by atoms with Gasteiger partial charge in [0, 0.05) is 30.9 Å². The van der Waals surface area contributed by atoms with Crippen molar-refractivity contribution in [2.75, 3.05) is 24.1 Å². The van der Waals surface area contributed by atoms with Gasteiger partial charge in [0.15, 0.2) is 0 Å². The van der Waals surface area contributed by atoms with Crippen molar-refractivity contribution >= 4 is 23.1 Å². The fraction of sp³-hybridized carbons (Fsp3) is 0.222. The summed E-state index contributed by atoms with van der Waals surface area (Å²) in [7, 11) is 0. The summed E-state index contributed by atoms with van der Waals surface area (Å²) in [6, 6.07) is 17.0. The summed E-state index contributed by atoms with van der Waals surface area (Å²) in [6.07, 6.45) is 4.87. The van der Waals surface area contributed by atoms with Gasteiger partial charge in [-0.2, -0.15) is 0 Å². The molecule has 1 aromatic heterocycles. The summed E-state index contributed by atoms with van der Waals surface area (Å²) >= 11 is 0. The number of para-hydroxylation sites is 1. The lowest BCUT2D eigenvalue weighted by atomic mass is 9.97. The van der Waals surface area contributed by atoms with E-state index >= 15 is 0 Å². The Kier molecular flexibility index (Phi) is 6.92. The number of aryl methyl sites for hydroxylation is 1. The third kappa shape index (κ3) is 5.09. The molecular formula is C27H29N5O2. The molecule has 0 aliphatic carbocycles. The Balaban J connectivity index is 1.57. The van der Waals surface area contributed by atoms with Crippen LogP contribution in [0.2, 0.25) is 0 Å². The third-order valence-electron chi connectivity index (χ3n) is 5.93. The van der Waals surface area contributed by atoms with Crippen LogP contribution in [0.4, 0.5) is 11.5 Å². The molecule has 34 heavy (non-hydrogen) atoms. The maximum Gasteiger partial charge on any atom is 0.246 e. The van der Waals surface area contributed by atoms with Crippen LogP contribution in [0.25, 0.3) is 0 Å². The van der Waals surface area contributed by atoms with Crippen molar-refractivity contribution in [2.24, 2.45) is 0 Å². The number of carbonyl (C=O) groups is 1. The summed E-state index contributed by atoms with van der Waals surface area (Å²) in [4.78, 5) is 18.2. The van der Waals surface area contributed by atoms with Gasteiger partial charge in [0.25, 0.3) is 0 Å². The summed E-state index contributed by atoms with van der Waals surface area (Å²) in [6.45, 7) is 6.84. The second kappa shape index (κ2) is 10.2. The van der Waals surface area contributed by atoms with E-state index in [9.17, 15) is 4.79 Å². The molecular weight excluding hydrogens is 426 g/mol. The summed E-state index contributed by atoms with van der Waals surface area (Å²) in [5.41, 5.74) is 9.48. The lowest BCUT2D eigenvalue weighted by Crippen LogP contribution is -2.44. The van der Waals surface area contributed by atoms with Gasteiger partial charge >= 0.3 is 0 Å². The first-order valence-corrected chi connectivity index (χ1v) is 11.3. The molecule has 4 rings (SSSR count). The molecule has 0 saturated carbocycles. The normalized spacial score (nSPS) is 15.4. The molecule has 4 N–H and O–H groups in total. The standard InChI is InChI=1S/C27H29N5O2/c1-3-23(33)32-15-7-8-20(17-32)31-26-18(2)16-30-27(29)24(26)25(28)19-11-13-22(14-12-19)34-21-9-5-4-6-10-21/h3-6,9-14,16,20,28H,1,7-8,15,17H2,2H3,(H3,29,30,31). The molecule has 2 heterocycles. The third-order valence-corrected chi connectivity index (χ3v) is 5.93. The molecule has 2 aromatic carbocycles. The van der Waals surface area contributed by atoms with Crippen LogP contribution in [-0.2, 0) is 4.79 Å². The molecule has 0 spiro atoms. The second-order valence-electron chi connectivity index (χ2n) is 8.36. The number of nitrogens with one attached hydrogen (secondary N) is 2. The number of aromatic nitrogens is 1. The number of amides is 1. The van der Waals surface area contributed by atoms with E-state index in [-0.39, 0.29) is 23.5 Å². The number of ether oxygens (including phenoxy) is 1. The molecule has 1 saturated heterocycles. The molecule has 174 valence electrons. The molecule has 0 radical (unpaired) electrons. The minimum absolute atomic E-state index is 0.0475. The molecule has 1 aliphatic heterocycles. The van der Waals surface area contributed by atoms with Crippen LogP contribution in [-0.4, -0.2) is 40.6 Å². The Morgan fingerprint density at radius 3 is 2.62 bits per heavy atom. The highest BCUT2D eigenvalue weighted by Crippen LogP contribution is 2.30. The summed E-state index contributed by atoms with van der Waals surface area (Å²) in [5.74, 6) is 1.66. The zero-order chi connectivity index (χ0) is 24.1. The molecule has 1 atom stereocenters. The smallest absolute Gasteiger partial charge is 0.246 e. The number of nitrogen functional groups attached to an aromatic ring is 1. The lowest BCUT2D eigenvalue weighted by Gasteiger charge is -2.34. The largest absolute Gasteiger partial charge is 0.457 e. The average molecular weight is 456 g/mol. The number of nitrogens with zero attached hydrogens (tertiary/aromatic N) is 2. The Labute approximate surface area is 199 Å². The fourth-order valence-corrected chi connectivity index (χ4v) is 4.15. The quantitative estimate of drug-likeness (QED) is 0.352. The first-order valence-electron chi connectivity index (χ1n) is 11.3. The van der Waals surface area contributed by atoms with Crippen LogP contribution in [0.15, 0.2) is 73.4 Å². The SMILES string of the molecule is C=CC(=O)N1CCCC(Nc2c(C)cnc(N)c2C(=N)c2ccc(Oc3ccccc3)cc2)C1. The van der Waals surface area contributed by atoms with E-state index in [0.717, 1.165) is 36.4 Å². The topological polar surface area (TPSA) is 104 Å². The minimum atomic E-state index is -0.0664. The van der Waals surface area contributed by atoms with Crippen LogP contribution in [0.5, 0.6) is 11.5 Å². The van der Waals surface area contributed by atoms with Crippen molar-refractivity contribution in [1.82, 2.24) is 9.88 Å². The molecule has 1 aliphatic rings. The Hall–Kier alpha value is -4.13. The molecule has 1 amide bonds. The van der Waals surface area contributed by atoms with Crippen molar-refractivity contribution in [2.45, 2.75) is 25.8 Å². The highest BCUT2D eigenvalue weighted by molar-refractivity contribution is 6.17. The van der Waals surface area contributed by atoms with Crippen LogP contribution >= 0.6 is 0 Å². The van der Waals surface area contributed by atoms with Crippen molar-refractivity contribution in [3.63, 3.8) is 0 Å². The van der Waals surface area contributed by atoms with Gasteiger partial charge in [-0.25, -0.2) is 4.98 Å². The number of anilines is 2. The Morgan fingerprint density at radius 1 is 1.21 bits per heavy atom. The van der Waals surface area contributed by atoms with E-state index < -0.39 is 0 Å². The summed E-state index contributed by atoms with van der Waals surface area (Å²) in [5, 5.41) is 12.5. The number of rotatable bonds is 7. The van der Waals surface area contributed by atoms with Crippen LogP contribution in [0.1, 0.15) is 29.5 Å². The van der Waals surface area contributed by atoms with Crippen molar-refractivity contribution in [1.29, 1.82) is 5.41 Å². The number of nitrogens with two attached hydrogens (primary N) is 1. The van der Waals surface area contributed by atoms with E-state index in [4.69, 9.17) is 15.9 Å². The van der Waals surface area contributed by atoms with Crippen LogP contribution < -0.4 is 15.8 Å². The highest BCUT2D eigenvalue weighted by atomic mass is 16.5. The van der Waals surface area contributed by atoms with Gasteiger partial charge in [0.2, 0.25) is 5.91 Å². The number of hydrogen-bond donors (Lipinski definition) is 3. The highest BCUT2D eigenvalue weighted by Gasteiger charge is 2.25. The van der Waals surface area contributed by atoms with Crippen molar-refractivity contribution in [3.05, 3.63) is 90.1 Å². The number of hydrogen-bond acceptors (Lipinski definition) is 6. The molecule has 1 unspecified atom stereocenters. The first-order chi connectivity index (χ1) is 16.5. The Morgan fingerprint density at radius 2 is 1.91 bits per heavy atom. The van der Waals surface area contributed by atoms with E-state index in [1.807, 2.05) is 61.5 Å². The predicted octanol–water partition coefficient (Wildman–Crippen LogP) is 4.77. The average Bonchev–Trinajstić information content (AvgIpc) is 2.87. The minimum Gasteiger partial charge on any atom is -0.457 e. The number of benzene rings is 2. The van der Waals surface area contributed by atoms with Gasteiger partial charge in [-0.3, -0.25) is 10.2 Å². The number of piperidine rings is 1. The number of pyridine rings is 1. The van der Waals surface area contributed by atoms with Crippen molar-refractivity contribution in [3.8, 4) is 11.5 Å². The maximum absolute atomic E-state index is 12.1. The van der Waals surface area contributed by atoms with Gasteiger partial charge in [-0.05, 0) is 67.8 Å². The molecule has 0 bridgehead atoms. The Bertz CT molecular complexity index is 1190. The van der Waals surface area contributed by atoms with E-state index in [2.05, 4.69) is 16.9 Å². The number of likely N-dealkylation sites (tertiary alicyclic amines) is 1. The molecule has 1 fully saturated rings. The predicted molar refractivity (Wildman–Crippen MR) is 136 cm³/mol. The zero-order valence-electron chi connectivity index (χ0n) is 19.3. The van der Waals surface area contributed by atoms with Crippen LogP contribution in [0, 0.1) is 12.3 Å². The van der Waals surface area contributed by atoms with Gasteiger partial charge < -0.3 is 20.7 Å². The molecule has 7 heteroatoms. The molecule has 7 nitrogen and oxygen atoms in total. The second-order valence-corrected chi connectivity index (χ2v) is 8.36. The van der Waals surface area contributed by atoms with Gasteiger partial charge in [0.05, 0.1) is 17.0 Å². The van der Waals surface area contributed by atoms with E-state index in [1.54, 1.807) is 11.1 Å². The van der Waals surface area contributed by atoms with E-state index in [0.29, 0.717) is 23.4 Å². The first kappa shape index (κ1) is 23.0. The van der Waals surface area contributed by atoms with Gasteiger partial charge in [-0.1, -0.05) is 24.8 Å². The van der Waals surface area contributed by atoms with Gasteiger partial charge in [-0.15, -0.1) is 0 Å².